The first-order valence-corrected chi connectivity index (χ1v) is 7.24. The number of nitrogens with zero attached hydrogens (tertiary/aromatic N) is 3. The van der Waals surface area contributed by atoms with Crippen molar-refractivity contribution in [1.82, 2.24) is 20.1 Å². The number of pyridine rings is 1. The average molecular weight is 293 g/mol. The van der Waals surface area contributed by atoms with Gasteiger partial charge < -0.3 is 5.32 Å². The number of carbonyl (C=O) groups is 1. The fourth-order valence-electron chi connectivity index (χ4n) is 2.86. The number of aromatic nitrogens is 3. The number of hydrogen-bond donors (Lipinski definition) is 1. The molecule has 2 heterocycles. The summed E-state index contributed by atoms with van der Waals surface area (Å²) < 4.78 is 1.68. The van der Waals surface area contributed by atoms with Crippen LogP contribution in [0.15, 0.2) is 6.20 Å². The molecule has 5 nitrogen and oxygen atoms in total. The van der Waals surface area contributed by atoms with Crippen LogP contribution >= 0.6 is 11.6 Å². The van der Waals surface area contributed by atoms with E-state index in [1.807, 2.05) is 14.0 Å². The van der Waals surface area contributed by atoms with Crippen molar-refractivity contribution in [3.63, 3.8) is 0 Å². The van der Waals surface area contributed by atoms with E-state index in [9.17, 15) is 4.79 Å². The molecule has 2 aromatic rings. The molecule has 1 N–H and O–H groups in total. The van der Waals surface area contributed by atoms with Crippen LogP contribution in [0.3, 0.4) is 0 Å². The molecular weight excluding hydrogens is 276 g/mol. The Bertz CT molecular complexity index is 673. The molecule has 0 spiro atoms. The molecule has 2 aromatic heterocycles. The highest BCUT2D eigenvalue weighted by molar-refractivity contribution is 6.38. The fourth-order valence-corrected chi connectivity index (χ4v) is 3.22. The summed E-state index contributed by atoms with van der Waals surface area (Å²) in [6.45, 7) is 1.87. The molecule has 1 amide bonds. The lowest BCUT2D eigenvalue weighted by Crippen LogP contribution is -2.32. The van der Waals surface area contributed by atoms with Crippen LogP contribution in [0, 0.1) is 6.92 Å². The van der Waals surface area contributed by atoms with Gasteiger partial charge in [-0.25, -0.2) is 4.98 Å². The molecule has 20 heavy (non-hydrogen) atoms. The zero-order valence-electron chi connectivity index (χ0n) is 11.6. The SMILES string of the molecule is Cc1nn(C)c2ncc(C(=O)NC3CCCC3)c(Cl)c12. The third-order valence-corrected chi connectivity index (χ3v) is 4.29. The van der Waals surface area contributed by atoms with Crippen LogP contribution in [0.4, 0.5) is 0 Å². The summed E-state index contributed by atoms with van der Waals surface area (Å²) in [7, 11) is 1.82. The Kier molecular flexibility index (Phi) is 3.38. The highest BCUT2D eigenvalue weighted by atomic mass is 35.5. The van der Waals surface area contributed by atoms with Gasteiger partial charge in [-0.3, -0.25) is 9.48 Å². The maximum atomic E-state index is 12.3. The van der Waals surface area contributed by atoms with Crippen LogP contribution in [0.2, 0.25) is 5.02 Å². The number of hydrogen-bond acceptors (Lipinski definition) is 3. The molecule has 0 aromatic carbocycles. The molecule has 0 unspecified atom stereocenters. The molecule has 0 radical (unpaired) electrons. The van der Waals surface area contributed by atoms with E-state index in [0.29, 0.717) is 16.2 Å². The van der Waals surface area contributed by atoms with E-state index in [0.717, 1.165) is 23.9 Å². The van der Waals surface area contributed by atoms with Crippen molar-refractivity contribution >= 4 is 28.5 Å². The van der Waals surface area contributed by atoms with Gasteiger partial charge in [0.2, 0.25) is 0 Å². The van der Waals surface area contributed by atoms with Crippen LogP contribution in [0.25, 0.3) is 11.0 Å². The van der Waals surface area contributed by atoms with E-state index >= 15 is 0 Å². The molecule has 0 bridgehead atoms. The molecule has 0 atom stereocenters. The first-order valence-electron chi connectivity index (χ1n) is 6.86. The third kappa shape index (κ3) is 2.16. The van der Waals surface area contributed by atoms with Gasteiger partial charge in [-0.05, 0) is 19.8 Å². The van der Waals surface area contributed by atoms with E-state index in [1.165, 1.54) is 19.0 Å². The van der Waals surface area contributed by atoms with Crippen LogP contribution in [-0.2, 0) is 7.05 Å². The van der Waals surface area contributed by atoms with Crippen molar-refractivity contribution < 1.29 is 4.79 Å². The summed E-state index contributed by atoms with van der Waals surface area (Å²) in [5.74, 6) is -0.139. The second kappa shape index (κ2) is 5.05. The number of nitrogens with one attached hydrogen (secondary N) is 1. The Morgan fingerprint density at radius 3 is 2.85 bits per heavy atom. The fraction of sp³-hybridized carbons (Fsp3) is 0.500. The summed E-state index contributed by atoms with van der Waals surface area (Å²) in [6, 6.07) is 0.268. The molecule has 1 aliphatic rings. The number of carbonyl (C=O) groups excluding carboxylic acids is 1. The van der Waals surface area contributed by atoms with Gasteiger partial charge in [0.05, 0.1) is 21.7 Å². The molecule has 6 heteroatoms. The van der Waals surface area contributed by atoms with Crippen LogP contribution in [-0.4, -0.2) is 26.7 Å². The monoisotopic (exact) mass is 292 g/mol. The smallest absolute Gasteiger partial charge is 0.254 e. The number of rotatable bonds is 2. The highest BCUT2D eigenvalue weighted by Crippen LogP contribution is 2.28. The lowest BCUT2D eigenvalue weighted by molar-refractivity contribution is 0.0938. The van der Waals surface area contributed by atoms with Gasteiger partial charge >= 0.3 is 0 Å². The Balaban J connectivity index is 1.97. The largest absolute Gasteiger partial charge is 0.349 e. The summed E-state index contributed by atoms with van der Waals surface area (Å²) in [5, 5.41) is 8.53. The standard InChI is InChI=1S/C14H17ClN4O/c1-8-11-12(15)10(7-16-13(11)19(2)18-8)14(20)17-9-5-3-4-6-9/h7,9H,3-6H2,1-2H3,(H,17,20). The maximum absolute atomic E-state index is 12.3. The normalized spacial score (nSPS) is 15.9. The predicted octanol–water partition coefficient (Wildman–Crippen LogP) is 2.60. The Morgan fingerprint density at radius 1 is 1.45 bits per heavy atom. The minimum Gasteiger partial charge on any atom is -0.349 e. The highest BCUT2D eigenvalue weighted by Gasteiger charge is 2.22. The van der Waals surface area contributed by atoms with Crippen molar-refractivity contribution in [2.75, 3.05) is 0 Å². The Labute approximate surface area is 122 Å². The number of fused-ring (bicyclic) bond motifs is 1. The molecular formula is C14H17ClN4O. The van der Waals surface area contributed by atoms with Crippen molar-refractivity contribution in [1.29, 1.82) is 0 Å². The average Bonchev–Trinajstić information content (AvgIpc) is 2.99. The number of amides is 1. The van der Waals surface area contributed by atoms with Crippen molar-refractivity contribution in [2.24, 2.45) is 7.05 Å². The maximum Gasteiger partial charge on any atom is 0.254 e. The first-order chi connectivity index (χ1) is 9.58. The topological polar surface area (TPSA) is 59.8 Å². The van der Waals surface area contributed by atoms with Crippen LogP contribution < -0.4 is 5.32 Å². The van der Waals surface area contributed by atoms with Gasteiger partial charge in [0.25, 0.3) is 5.91 Å². The van der Waals surface area contributed by atoms with Gasteiger partial charge in [0.1, 0.15) is 0 Å². The molecule has 1 aliphatic carbocycles. The van der Waals surface area contributed by atoms with Crippen molar-refractivity contribution in [2.45, 2.75) is 38.6 Å². The van der Waals surface area contributed by atoms with Crippen molar-refractivity contribution in [3.8, 4) is 0 Å². The molecule has 3 rings (SSSR count). The quantitative estimate of drug-likeness (QED) is 0.925. The Morgan fingerprint density at radius 2 is 2.15 bits per heavy atom. The lowest BCUT2D eigenvalue weighted by atomic mass is 10.1. The minimum atomic E-state index is -0.139. The first kappa shape index (κ1) is 13.4. The number of aryl methyl sites for hydroxylation is 2. The van der Waals surface area contributed by atoms with Crippen LogP contribution in [0.5, 0.6) is 0 Å². The molecule has 106 valence electrons. The third-order valence-electron chi connectivity index (χ3n) is 3.90. The summed E-state index contributed by atoms with van der Waals surface area (Å²) in [5.41, 5.74) is 1.92. The summed E-state index contributed by atoms with van der Waals surface area (Å²) in [6.07, 6.45) is 5.99. The van der Waals surface area contributed by atoms with Gasteiger partial charge in [-0.1, -0.05) is 24.4 Å². The zero-order chi connectivity index (χ0) is 14.3. The lowest BCUT2D eigenvalue weighted by Gasteiger charge is -2.12. The van der Waals surface area contributed by atoms with E-state index in [-0.39, 0.29) is 11.9 Å². The predicted molar refractivity (Wildman–Crippen MR) is 78.0 cm³/mol. The Hall–Kier alpha value is -1.62. The van der Waals surface area contributed by atoms with Gasteiger partial charge in [0.15, 0.2) is 5.65 Å². The van der Waals surface area contributed by atoms with E-state index in [4.69, 9.17) is 11.6 Å². The molecule has 0 saturated heterocycles. The van der Waals surface area contributed by atoms with Gasteiger partial charge in [-0.2, -0.15) is 5.10 Å². The van der Waals surface area contributed by atoms with Crippen molar-refractivity contribution in [3.05, 3.63) is 22.5 Å². The van der Waals surface area contributed by atoms with E-state index < -0.39 is 0 Å². The molecule has 0 aliphatic heterocycles. The van der Waals surface area contributed by atoms with Crippen LogP contribution in [0.1, 0.15) is 41.7 Å². The van der Waals surface area contributed by atoms with Gasteiger partial charge in [-0.15, -0.1) is 0 Å². The summed E-state index contributed by atoms with van der Waals surface area (Å²) in [4.78, 5) is 16.6. The number of halogens is 1. The van der Waals surface area contributed by atoms with E-state index in [2.05, 4.69) is 15.4 Å². The van der Waals surface area contributed by atoms with Gasteiger partial charge in [0, 0.05) is 19.3 Å². The molecule has 1 fully saturated rings. The summed E-state index contributed by atoms with van der Waals surface area (Å²) >= 11 is 6.39. The molecule has 1 saturated carbocycles. The zero-order valence-corrected chi connectivity index (χ0v) is 12.4. The second-order valence-corrected chi connectivity index (χ2v) is 5.73. The second-order valence-electron chi connectivity index (χ2n) is 5.35. The van der Waals surface area contributed by atoms with E-state index in [1.54, 1.807) is 4.68 Å². The minimum absolute atomic E-state index is 0.139.